The zero-order chi connectivity index (χ0) is 9.71. The predicted octanol–water partition coefficient (Wildman–Crippen LogP) is 1.42. The van der Waals surface area contributed by atoms with Gasteiger partial charge in [-0.25, -0.2) is 0 Å². The molecular weight excluding hydrogens is 176 g/mol. The first-order valence-corrected chi connectivity index (χ1v) is 4.96. The summed E-state index contributed by atoms with van der Waals surface area (Å²) in [6.45, 7) is 0. The van der Waals surface area contributed by atoms with Crippen LogP contribution in [0, 0.1) is 0 Å². The monoisotopic (exact) mass is 188 g/mol. The number of allylic oxidation sites excluding steroid dienone is 1. The Bertz CT molecular complexity index is 420. The van der Waals surface area contributed by atoms with Gasteiger partial charge in [-0.2, -0.15) is 0 Å². The van der Waals surface area contributed by atoms with Crippen molar-refractivity contribution in [1.82, 2.24) is 0 Å². The first-order chi connectivity index (χ1) is 6.77. The molecule has 1 aromatic carbocycles. The Balaban J connectivity index is 2.29. The van der Waals surface area contributed by atoms with Gasteiger partial charge in [0.2, 0.25) is 0 Å². The molecular formula is C12H12O2. The van der Waals surface area contributed by atoms with Gasteiger partial charge in [-0.15, -0.1) is 0 Å². The molecule has 2 aliphatic carbocycles. The van der Waals surface area contributed by atoms with Gasteiger partial charge in [0.1, 0.15) is 12.2 Å². The van der Waals surface area contributed by atoms with Crippen molar-refractivity contribution in [3.8, 4) is 0 Å². The fourth-order valence-corrected chi connectivity index (χ4v) is 2.51. The largest absolute Gasteiger partial charge is 0.386 e. The summed E-state index contributed by atoms with van der Waals surface area (Å²) < 4.78 is 0. The second-order valence-corrected chi connectivity index (χ2v) is 4.01. The molecule has 0 amide bonds. The minimum absolute atomic E-state index is 0.731. The lowest BCUT2D eigenvalue weighted by Crippen LogP contribution is -2.20. The number of aliphatic hydroxyl groups excluding tert-OH is 2. The summed E-state index contributed by atoms with van der Waals surface area (Å²) in [5.41, 5.74) is 4.59. The summed E-state index contributed by atoms with van der Waals surface area (Å²) in [5.74, 6) is 0. The Kier molecular flexibility index (Phi) is 1.58. The second kappa shape index (κ2) is 2.69. The van der Waals surface area contributed by atoms with Gasteiger partial charge in [0, 0.05) is 0 Å². The molecule has 0 saturated carbocycles. The Labute approximate surface area is 82.5 Å². The van der Waals surface area contributed by atoms with Crippen molar-refractivity contribution in [2.45, 2.75) is 25.0 Å². The van der Waals surface area contributed by atoms with Crippen molar-refractivity contribution >= 4 is 5.57 Å². The van der Waals surface area contributed by atoms with Crippen LogP contribution in [0.3, 0.4) is 0 Å². The van der Waals surface area contributed by atoms with E-state index in [2.05, 4.69) is 6.07 Å². The fourth-order valence-electron chi connectivity index (χ4n) is 2.51. The summed E-state index contributed by atoms with van der Waals surface area (Å²) >= 11 is 0. The fraction of sp³-hybridized carbons (Fsp3) is 0.333. The molecule has 0 heterocycles. The highest BCUT2D eigenvalue weighted by molar-refractivity contribution is 5.77. The SMILES string of the molecule is OC1C=C2CCc3cccc(c32)C1O. The highest BCUT2D eigenvalue weighted by Crippen LogP contribution is 2.41. The molecule has 0 bridgehead atoms. The van der Waals surface area contributed by atoms with E-state index in [1.807, 2.05) is 12.1 Å². The van der Waals surface area contributed by atoms with Gasteiger partial charge in [0.05, 0.1) is 0 Å². The summed E-state index contributed by atoms with van der Waals surface area (Å²) in [6, 6.07) is 5.97. The van der Waals surface area contributed by atoms with Crippen LogP contribution < -0.4 is 0 Å². The molecule has 0 saturated heterocycles. The molecule has 2 aliphatic rings. The molecule has 0 aliphatic heterocycles. The Morgan fingerprint density at radius 1 is 1.14 bits per heavy atom. The van der Waals surface area contributed by atoms with Crippen LogP contribution in [0.5, 0.6) is 0 Å². The highest BCUT2D eigenvalue weighted by Gasteiger charge is 2.30. The van der Waals surface area contributed by atoms with E-state index in [1.165, 1.54) is 16.7 Å². The molecule has 0 radical (unpaired) electrons. The van der Waals surface area contributed by atoms with E-state index in [1.54, 1.807) is 6.08 Å². The second-order valence-electron chi connectivity index (χ2n) is 4.01. The van der Waals surface area contributed by atoms with E-state index in [9.17, 15) is 10.2 Å². The van der Waals surface area contributed by atoms with Crippen LogP contribution in [0.25, 0.3) is 5.57 Å². The maximum absolute atomic E-state index is 9.81. The predicted molar refractivity (Wildman–Crippen MR) is 53.7 cm³/mol. The number of aryl methyl sites for hydroxylation is 1. The average Bonchev–Trinajstić information content (AvgIpc) is 2.59. The van der Waals surface area contributed by atoms with Crippen molar-refractivity contribution in [2.24, 2.45) is 0 Å². The van der Waals surface area contributed by atoms with Crippen LogP contribution in [-0.4, -0.2) is 16.3 Å². The van der Waals surface area contributed by atoms with E-state index in [0.717, 1.165) is 18.4 Å². The number of aliphatic hydroxyl groups is 2. The third-order valence-corrected chi connectivity index (χ3v) is 3.18. The van der Waals surface area contributed by atoms with Gasteiger partial charge in [-0.05, 0) is 41.2 Å². The number of hydrogen-bond donors (Lipinski definition) is 2. The molecule has 2 heteroatoms. The maximum atomic E-state index is 9.81. The first kappa shape index (κ1) is 8.21. The molecule has 2 unspecified atom stereocenters. The normalized spacial score (nSPS) is 28.6. The third kappa shape index (κ3) is 0.925. The van der Waals surface area contributed by atoms with Crippen LogP contribution in [0.15, 0.2) is 24.3 Å². The minimum atomic E-state index is -0.744. The smallest absolute Gasteiger partial charge is 0.109 e. The molecule has 0 fully saturated rings. The molecule has 2 nitrogen and oxygen atoms in total. The molecule has 1 aromatic rings. The molecule has 2 N–H and O–H groups in total. The van der Waals surface area contributed by atoms with Crippen molar-refractivity contribution in [2.75, 3.05) is 0 Å². The molecule has 72 valence electrons. The summed E-state index contributed by atoms with van der Waals surface area (Å²) in [6.07, 6.45) is 2.35. The van der Waals surface area contributed by atoms with Crippen LogP contribution >= 0.6 is 0 Å². The standard InChI is InChI=1S/C12H12O2/c13-10-6-8-5-4-7-2-1-3-9(11(7)8)12(10)14/h1-3,6,10,12-14H,4-5H2. The van der Waals surface area contributed by atoms with Crippen LogP contribution in [0.2, 0.25) is 0 Å². The van der Waals surface area contributed by atoms with Gasteiger partial charge in [0.25, 0.3) is 0 Å². The van der Waals surface area contributed by atoms with Crippen LogP contribution in [-0.2, 0) is 6.42 Å². The quantitative estimate of drug-likeness (QED) is 0.646. The minimum Gasteiger partial charge on any atom is -0.386 e. The van der Waals surface area contributed by atoms with Crippen molar-refractivity contribution in [3.05, 3.63) is 41.0 Å². The number of benzene rings is 1. The average molecular weight is 188 g/mol. The molecule has 3 rings (SSSR count). The molecule has 14 heavy (non-hydrogen) atoms. The van der Waals surface area contributed by atoms with Gasteiger partial charge in [0.15, 0.2) is 0 Å². The summed E-state index contributed by atoms with van der Waals surface area (Å²) in [5, 5.41) is 19.4. The van der Waals surface area contributed by atoms with Gasteiger partial charge in [-0.3, -0.25) is 0 Å². The van der Waals surface area contributed by atoms with Gasteiger partial charge < -0.3 is 10.2 Å². The van der Waals surface area contributed by atoms with E-state index < -0.39 is 12.2 Å². The first-order valence-electron chi connectivity index (χ1n) is 4.96. The van der Waals surface area contributed by atoms with Gasteiger partial charge in [-0.1, -0.05) is 18.2 Å². The number of rotatable bonds is 0. The molecule has 2 atom stereocenters. The van der Waals surface area contributed by atoms with E-state index in [4.69, 9.17) is 0 Å². The zero-order valence-electron chi connectivity index (χ0n) is 7.77. The molecule has 0 spiro atoms. The Hall–Kier alpha value is -1.12. The topological polar surface area (TPSA) is 40.5 Å². The number of hydrogen-bond acceptors (Lipinski definition) is 2. The maximum Gasteiger partial charge on any atom is 0.109 e. The lowest BCUT2D eigenvalue weighted by molar-refractivity contribution is 0.0466. The van der Waals surface area contributed by atoms with Crippen LogP contribution in [0.1, 0.15) is 29.2 Å². The van der Waals surface area contributed by atoms with Crippen LogP contribution in [0.4, 0.5) is 0 Å². The highest BCUT2D eigenvalue weighted by atomic mass is 16.3. The van der Waals surface area contributed by atoms with E-state index in [-0.39, 0.29) is 0 Å². The molecule has 0 aromatic heterocycles. The van der Waals surface area contributed by atoms with E-state index in [0.29, 0.717) is 0 Å². The van der Waals surface area contributed by atoms with Crippen molar-refractivity contribution in [3.63, 3.8) is 0 Å². The summed E-state index contributed by atoms with van der Waals surface area (Å²) in [4.78, 5) is 0. The zero-order valence-corrected chi connectivity index (χ0v) is 7.77. The Morgan fingerprint density at radius 3 is 2.86 bits per heavy atom. The summed E-state index contributed by atoms with van der Waals surface area (Å²) in [7, 11) is 0. The lowest BCUT2D eigenvalue weighted by Gasteiger charge is -2.24. The van der Waals surface area contributed by atoms with Gasteiger partial charge >= 0.3 is 0 Å². The Morgan fingerprint density at radius 2 is 2.00 bits per heavy atom. The third-order valence-electron chi connectivity index (χ3n) is 3.18. The van der Waals surface area contributed by atoms with E-state index >= 15 is 0 Å². The van der Waals surface area contributed by atoms with Crippen molar-refractivity contribution < 1.29 is 10.2 Å². The van der Waals surface area contributed by atoms with Crippen molar-refractivity contribution in [1.29, 1.82) is 0 Å². The lowest BCUT2D eigenvalue weighted by atomic mass is 9.88.